The molecule has 1 aromatic carbocycles. The van der Waals surface area contributed by atoms with Gasteiger partial charge in [0, 0.05) is 13.0 Å². The molecule has 0 spiro atoms. The number of benzene rings is 1. The molecular weight excluding hydrogens is 215 g/mol. The molecule has 16 heavy (non-hydrogen) atoms. The summed E-state index contributed by atoms with van der Waals surface area (Å²) in [6.07, 6.45) is -0.0407. The summed E-state index contributed by atoms with van der Waals surface area (Å²) in [5, 5.41) is 11.5. The Morgan fingerprint density at radius 2 is 2.12 bits per heavy atom. The highest BCUT2D eigenvalue weighted by Gasteiger charge is 2.15. The van der Waals surface area contributed by atoms with E-state index in [0.29, 0.717) is 0 Å². The van der Waals surface area contributed by atoms with Crippen LogP contribution < -0.4 is 11.1 Å². The van der Waals surface area contributed by atoms with Crippen molar-refractivity contribution >= 4 is 11.8 Å². The maximum Gasteiger partial charge on any atom is 0.258 e. The number of aromatic hydroxyl groups is 1. The maximum absolute atomic E-state index is 13.2. The average molecular weight is 226 g/mol. The van der Waals surface area contributed by atoms with Crippen LogP contribution >= 0.6 is 0 Å². The molecule has 0 saturated heterocycles. The van der Waals surface area contributed by atoms with Gasteiger partial charge in [-0.1, -0.05) is 6.07 Å². The Kier molecular flexibility index (Phi) is 3.82. The van der Waals surface area contributed by atoms with Crippen LogP contribution in [0.25, 0.3) is 0 Å². The SMILES string of the molecule is NC(=O)CCNC(=O)c1c(O)cccc1F. The number of carbonyl (C=O) groups is 2. The zero-order valence-electron chi connectivity index (χ0n) is 8.37. The summed E-state index contributed by atoms with van der Waals surface area (Å²) in [6.45, 7) is 0.00193. The van der Waals surface area contributed by atoms with Crippen LogP contribution in [0, 0.1) is 5.82 Å². The monoisotopic (exact) mass is 226 g/mol. The number of nitrogens with one attached hydrogen (secondary N) is 1. The molecule has 2 amide bonds. The van der Waals surface area contributed by atoms with Crippen molar-refractivity contribution in [2.75, 3.05) is 6.54 Å². The fourth-order valence-electron chi connectivity index (χ4n) is 1.13. The maximum atomic E-state index is 13.2. The van der Waals surface area contributed by atoms with E-state index in [0.717, 1.165) is 6.07 Å². The predicted molar refractivity (Wildman–Crippen MR) is 54.2 cm³/mol. The molecule has 0 aliphatic rings. The van der Waals surface area contributed by atoms with E-state index >= 15 is 0 Å². The van der Waals surface area contributed by atoms with Gasteiger partial charge in [-0.2, -0.15) is 0 Å². The number of phenols is 1. The third kappa shape index (κ3) is 2.94. The van der Waals surface area contributed by atoms with Crippen LogP contribution in [0.3, 0.4) is 0 Å². The van der Waals surface area contributed by atoms with Crippen LogP contribution in [-0.2, 0) is 4.79 Å². The molecule has 1 aromatic rings. The van der Waals surface area contributed by atoms with E-state index in [-0.39, 0.29) is 13.0 Å². The quantitative estimate of drug-likeness (QED) is 0.681. The highest BCUT2D eigenvalue weighted by molar-refractivity contribution is 5.97. The summed E-state index contributed by atoms with van der Waals surface area (Å²) in [7, 11) is 0. The molecule has 0 aliphatic heterocycles. The van der Waals surface area contributed by atoms with E-state index in [1.807, 2.05) is 0 Å². The number of hydrogen-bond acceptors (Lipinski definition) is 3. The smallest absolute Gasteiger partial charge is 0.258 e. The van der Waals surface area contributed by atoms with E-state index in [1.54, 1.807) is 0 Å². The second kappa shape index (κ2) is 5.11. The van der Waals surface area contributed by atoms with E-state index in [9.17, 15) is 19.1 Å². The van der Waals surface area contributed by atoms with Gasteiger partial charge in [0.15, 0.2) is 0 Å². The van der Waals surface area contributed by atoms with E-state index < -0.39 is 28.9 Å². The van der Waals surface area contributed by atoms with Gasteiger partial charge in [-0.25, -0.2) is 4.39 Å². The molecule has 0 saturated carbocycles. The van der Waals surface area contributed by atoms with Crippen LogP contribution in [0.5, 0.6) is 5.75 Å². The first-order valence-corrected chi connectivity index (χ1v) is 4.56. The van der Waals surface area contributed by atoms with Crippen LogP contribution in [0.2, 0.25) is 0 Å². The van der Waals surface area contributed by atoms with Crippen molar-refractivity contribution in [1.29, 1.82) is 0 Å². The van der Waals surface area contributed by atoms with Gasteiger partial charge in [0.05, 0.1) is 0 Å². The molecule has 0 heterocycles. The largest absolute Gasteiger partial charge is 0.507 e. The lowest BCUT2D eigenvalue weighted by Gasteiger charge is -2.06. The Hall–Kier alpha value is -2.11. The fraction of sp³-hybridized carbons (Fsp3) is 0.200. The Morgan fingerprint density at radius 3 is 2.69 bits per heavy atom. The zero-order chi connectivity index (χ0) is 12.1. The zero-order valence-corrected chi connectivity index (χ0v) is 8.37. The minimum Gasteiger partial charge on any atom is -0.507 e. The van der Waals surface area contributed by atoms with Crippen molar-refractivity contribution < 1.29 is 19.1 Å². The van der Waals surface area contributed by atoms with Crippen molar-refractivity contribution in [3.05, 3.63) is 29.6 Å². The second-order valence-corrected chi connectivity index (χ2v) is 3.11. The molecule has 0 fully saturated rings. The molecule has 4 N–H and O–H groups in total. The van der Waals surface area contributed by atoms with E-state index in [2.05, 4.69) is 5.32 Å². The van der Waals surface area contributed by atoms with Crippen molar-refractivity contribution in [2.24, 2.45) is 5.73 Å². The molecule has 0 aromatic heterocycles. The van der Waals surface area contributed by atoms with Crippen molar-refractivity contribution in [3.63, 3.8) is 0 Å². The van der Waals surface area contributed by atoms with Crippen LogP contribution in [0.1, 0.15) is 16.8 Å². The first kappa shape index (κ1) is 12.0. The average Bonchev–Trinajstić information content (AvgIpc) is 2.16. The third-order valence-electron chi connectivity index (χ3n) is 1.88. The minimum absolute atomic E-state index is 0.00193. The van der Waals surface area contributed by atoms with Gasteiger partial charge < -0.3 is 16.2 Å². The van der Waals surface area contributed by atoms with Crippen molar-refractivity contribution in [1.82, 2.24) is 5.32 Å². The van der Waals surface area contributed by atoms with Crippen LogP contribution in [-0.4, -0.2) is 23.5 Å². The number of hydrogen-bond donors (Lipinski definition) is 3. The summed E-state index contributed by atoms with van der Waals surface area (Å²) in [5.41, 5.74) is 4.43. The van der Waals surface area contributed by atoms with Gasteiger partial charge in [-0.3, -0.25) is 9.59 Å². The predicted octanol–water partition coefficient (Wildman–Crippen LogP) is 0.136. The molecule has 5 nitrogen and oxygen atoms in total. The lowest BCUT2D eigenvalue weighted by Crippen LogP contribution is -2.28. The Bertz CT molecular complexity index is 400. The first-order chi connectivity index (χ1) is 7.52. The van der Waals surface area contributed by atoms with Crippen molar-refractivity contribution in [3.8, 4) is 5.75 Å². The van der Waals surface area contributed by atoms with E-state index in [4.69, 9.17) is 5.73 Å². The number of phenolic OH excluding ortho intramolecular Hbond substituents is 1. The summed E-state index contributed by atoms with van der Waals surface area (Å²) in [4.78, 5) is 21.8. The molecule has 0 aliphatic carbocycles. The third-order valence-corrected chi connectivity index (χ3v) is 1.88. The Balaban J connectivity index is 2.70. The Morgan fingerprint density at radius 1 is 1.44 bits per heavy atom. The number of primary amides is 1. The fourth-order valence-corrected chi connectivity index (χ4v) is 1.13. The van der Waals surface area contributed by atoms with E-state index in [1.165, 1.54) is 12.1 Å². The highest BCUT2D eigenvalue weighted by atomic mass is 19.1. The molecule has 0 bridgehead atoms. The normalized spacial score (nSPS) is 9.81. The van der Waals surface area contributed by atoms with Gasteiger partial charge in [-0.05, 0) is 12.1 Å². The lowest BCUT2D eigenvalue weighted by atomic mass is 10.1. The molecule has 86 valence electrons. The van der Waals surface area contributed by atoms with Crippen LogP contribution in [0.4, 0.5) is 4.39 Å². The number of carbonyl (C=O) groups excluding carboxylic acids is 2. The molecular formula is C10H11FN2O3. The summed E-state index contributed by atoms with van der Waals surface area (Å²) in [5.74, 6) is -2.62. The number of rotatable bonds is 4. The Labute approximate surface area is 91.1 Å². The number of amides is 2. The molecule has 1 rings (SSSR count). The molecule has 6 heteroatoms. The molecule has 0 unspecified atom stereocenters. The van der Waals surface area contributed by atoms with Gasteiger partial charge in [0.25, 0.3) is 5.91 Å². The summed E-state index contributed by atoms with van der Waals surface area (Å²) in [6, 6.07) is 3.54. The molecule has 0 radical (unpaired) electrons. The highest BCUT2D eigenvalue weighted by Crippen LogP contribution is 2.19. The van der Waals surface area contributed by atoms with Crippen LogP contribution in [0.15, 0.2) is 18.2 Å². The second-order valence-electron chi connectivity index (χ2n) is 3.11. The number of nitrogens with two attached hydrogens (primary N) is 1. The van der Waals surface area contributed by atoms with Gasteiger partial charge in [0.2, 0.25) is 5.91 Å². The minimum atomic E-state index is -0.823. The first-order valence-electron chi connectivity index (χ1n) is 4.56. The number of halogens is 1. The lowest BCUT2D eigenvalue weighted by molar-refractivity contribution is -0.117. The molecule has 0 atom stereocenters. The van der Waals surface area contributed by atoms with Gasteiger partial charge >= 0.3 is 0 Å². The van der Waals surface area contributed by atoms with Crippen molar-refractivity contribution in [2.45, 2.75) is 6.42 Å². The topological polar surface area (TPSA) is 92.4 Å². The standard InChI is InChI=1S/C10H11FN2O3/c11-6-2-1-3-7(14)9(6)10(16)13-5-4-8(12)15/h1-3,14H,4-5H2,(H2,12,15)(H,13,16). The summed E-state index contributed by atoms with van der Waals surface area (Å²) >= 11 is 0. The van der Waals surface area contributed by atoms with Gasteiger partial charge in [0.1, 0.15) is 17.1 Å². The summed E-state index contributed by atoms with van der Waals surface area (Å²) < 4.78 is 13.2. The van der Waals surface area contributed by atoms with Gasteiger partial charge in [-0.15, -0.1) is 0 Å².